The van der Waals surface area contributed by atoms with Crippen LogP contribution in [0.1, 0.15) is 26.2 Å². The van der Waals surface area contributed by atoms with Crippen LogP contribution in [0, 0.1) is 0 Å². The van der Waals surface area contributed by atoms with Gasteiger partial charge in [-0.05, 0) is 6.42 Å². The topological polar surface area (TPSA) is 17.1 Å². The highest BCUT2D eigenvalue weighted by molar-refractivity contribution is 5.79. The van der Waals surface area contributed by atoms with Crippen molar-refractivity contribution in [3.05, 3.63) is 37.0 Å². The molecule has 0 bridgehead atoms. The molecule has 1 nitrogen and oxygen atoms in total. The van der Waals surface area contributed by atoms with E-state index >= 15 is 0 Å². The molecular formula is C11H16O. The van der Waals surface area contributed by atoms with Crippen LogP contribution in [-0.2, 0) is 4.79 Å². The van der Waals surface area contributed by atoms with Gasteiger partial charge in [-0.15, -0.1) is 0 Å². The van der Waals surface area contributed by atoms with Gasteiger partial charge < -0.3 is 0 Å². The molecule has 0 rings (SSSR count). The molecule has 1 heteroatoms. The fourth-order valence-electron chi connectivity index (χ4n) is 0.802. The Morgan fingerprint density at radius 3 is 2.67 bits per heavy atom. The Morgan fingerprint density at radius 1 is 1.33 bits per heavy atom. The lowest BCUT2D eigenvalue weighted by molar-refractivity contribution is -0.118. The number of hydrogen-bond donors (Lipinski definition) is 0. The fraction of sp³-hybridized carbons (Fsp3) is 0.364. The van der Waals surface area contributed by atoms with Gasteiger partial charge in [0.2, 0.25) is 0 Å². The molecule has 0 unspecified atom stereocenters. The van der Waals surface area contributed by atoms with Gasteiger partial charge in [0.05, 0.1) is 0 Å². The van der Waals surface area contributed by atoms with Crippen LogP contribution in [0.5, 0.6) is 0 Å². The van der Waals surface area contributed by atoms with Gasteiger partial charge in [0.15, 0.2) is 0 Å². The average molecular weight is 164 g/mol. The summed E-state index contributed by atoms with van der Waals surface area (Å²) in [6.07, 6.45) is 11.3. The largest absolute Gasteiger partial charge is 0.299 e. The minimum atomic E-state index is 0.306. The third-order valence-electron chi connectivity index (χ3n) is 1.37. The quantitative estimate of drug-likeness (QED) is 0.551. The van der Waals surface area contributed by atoms with E-state index in [0.717, 1.165) is 6.42 Å². The summed E-state index contributed by atoms with van der Waals surface area (Å²) in [5, 5.41) is 0. The monoisotopic (exact) mass is 164 g/mol. The molecule has 0 aromatic heterocycles. The van der Waals surface area contributed by atoms with Crippen molar-refractivity contribution in [2.75, 3.05) is 0 Å². The van der Waals surface area contributed by atoms with Crippen LogP contribution in [0.2, 0.25) is 0 Å². The smallest absolute Gasteiger partial charge is 0.136 e. The maximum atomic E-state index is 11.0. The highest BCUT2D eigenvalue weighted by Crippen LogP contribution is 1.95. The number of rotatable bonds is 6. The first-order valence-corrected chi connectivity index (χ1v) is 4.27. The molecule has 0 aliphatic carbocycles. The zero-order chi connectivity index (χ0) is 9.23. The molecule has 0 aliphatic rings. The molecular weight excluding hydrogens is 148 g/mol. The minimum absolute atomic E-state index is 0.306. The number of hydrogen-bond acceptors (Lipinski definition) is 1. The molecule has 0 amide bonds. The molecule has 12 heavy (non-hydrogen) atoms. The van der Waals surface area contributed by atoms with Crippen molar-refractivity contribution >= 4 is 5.78 Å². The van der Waals surface area contributed by atoms with Gasteiger partial charge in [-0.3, -0.25) is 4.79 Å². The first kappa shape index (κ1) is 10.9. The van der Waals surface area contributed by atoms with E-state index in [2.05, 4.69) is 6.58 Å². The summed E-state index contributed by atoms with van der Waals surface area (Å²) in [7, 11) is 0. The standard InChI is InChI=1S/C11H16O/c1-3-5-6-7-8-10-11(12)9-4-2/h3,5-8H,1,4,9-10H2,2H3/b6-5+,8-7+. The van der Waals surface area contributed by atoms with Gasteiger partial charge >= 0.3 is 0 Å². The van der Waals surface area contributed by atoms with Crippen LogP contribution in [0.3, 0.4) is 0 Å². The van der Waals surface area contributed by atoms with E-state index in [1.54, 1.807) is 6.08 Å². The molecule has 0 radical (unpaired) electrons. The summed E-state index contributed by atoms with van der Waals surface area (Å²) < 4.78 is 0. The second-order valence-electron chi connectivity index (χ2n) is 2.54. The lowest BCUT2D eigenvalue weighted by atomic mass is 10.2. The number of carbonyl (C=O) groups is 1. The van der Waals surface area contributed by atoms with E-state index < -0.39 is 0 Å². The predicted octanol–water partition coefficient (Wildman–Crippen LogP) is 3.04. The zero-order valence-corrected chi connectivity index (χ0v) is 7.62. The lowest BCUT2D eigenvalue weighted by Crippen LogP contribution is -1.92. The van der Waals surface area contributed by atoms with E-state index in [0.29, 0.717) is 18.6 Å². The van der Waals surface area contributed by atoms with Crippen LogP contribution in [0.4, 0.5) is 0 Å². The van der Waals surface area contributed by atoms with E-state index in [9.17, 15) is 4.79 Å². The van der Waals surface area contributed by atoms with E-state index in [4.69, 9.17) is 0 Å². The maximum Gasteiger partial charge on any atom is 0.136 e. The molecule has 0 spiro atoms. The van der Waals surface area contributed by atoms with Crippen LogP contribution >= 0.6 is 0 Å². The molecule has 0 aliphatic heterocycles. The normalized spacial score (nSPS) is 11.1. The minimum Gasteiger partial charge on any atom is -0.299 e. The summed E-state index contributed by atoms with van der Waals surface area (Å²) in [6.45, 7) is 5.55. The van der Waals surface area contributed by atoms with E-state index in [-0.39, 0.29) is 0 Å². The lowest BCUT2D eigenvalue weighted by Gasteiger charge is -1.90. The van der Waals surface area contributed by atoms with Crippen molar-refractivity contribution < 1.29 is 4.79 Å². The average Bonchev–Trinajstić information content (AvgIpc) is 2.05. The van der Waals surface area contributed by atoms with Gasteiger partial charge in [0, 0.05) is 12.8 Å². The van der Waals surface area contributed by atoms with Crippen molar-refractivity contribution in [1.82, 2.24) is 0 Å². The Kier molecular flexibility index (Phi) is 7.25. The molecule has 0 saturated carbocycles. The third kappa shape index (κ3) is 7.00. The Hall–Kier alpha value is -1.11. The highest BCUT2D eigenvalue weighted by Gasteiger charge is 1.94. The van der Waals surface area contributed by atoms with E-state index in [1.807, 2.05) is 31.2 Å². The summed E-state index contributed by atoms with van der Waals surface area (Å²) in [4.78, 5) is 11.0. The second-order valence-corrected chi connectivity index (χ2v) is 2.54. The summed E-state index contributed by atoms with van der Waals surface area (Å²) in [6, 6.07) is 0. The van der Waals surface area contributed by atoms with Crippen LogP contribution in [-0.4, -0.2) is 5.78 Å². The third-order valence-corrected chi connectivity index (χ3v) is 1.37. The first-order valence-electron chi connectivity index (χ1n) is 4.27. The van der Waals surface area contributed by atoms with Crippen molar-refractivity contribution in [1.29, 1.82) is 0 Å². The van der Waals surface area contributed by atoms with Gasteiger partial charge in [-0.1, -0.05) is 43.9 Å². The zero-order valence-electron chi connectivity index (χ0n) is 7.62. The predicted molar refractivity (Wildman–Crippen MR) is 53.0 cm³/mol. The second kappa shape index (κ2) is 7.99. The van der Waals surface area contributed by atoms with Crippen LogP contribution in [0.25, 0.3) is 0 Å². The SMILES string of the molecule is C=C/C=C/C=C/CC(=O)CCC. The van der Waals surface area contributed by atoms with Crippen LogP contribution < -0.4 is 0 Å². The van der Waals surface area contributed by atoms with E-state index in [1.165, 1.54) is 0 Å². The summed E-state index contributed by atoms with van der Waals surface area (Å²) >= 11 is 0. The molecule has 66 valence electrons. The molecule has 0 heterocycles. The molecule has 0 atom stereocenters. The molecule has 0 aromatic rings. The first-order chi connectivity index (χ1) is 5.81. The molecule has 0 aromatic carbocycles. The molecule has 0 saturated heterocycles. The van der Waals surface area contributed by atoms with Crippen molar-refractivity contribution in [3.63, 3.8) is 0 Å². The number of carbonyl (C=O) groups excluding carboxylic acids is 1. The van der Waals surface area contributed by atoms with Crippen molar-refractivity contribution in [2.24, 2.45) is 0 Å². The summed E-state index contributed by atoms with van der Waals surface area (Å²) in [5.74, 6) is 0.306. The Morgan fingerprint density at radius 2 is 2.08 bits per heavy atom. The Labute approximate surface area is 74.5 Å². The van der Waals surface area contributed by atoms with Crippen molar-refractivity contribution in [3.8, 4) is 0 Å². The Balaban J connectivity index is 3.52. The molecule has 0 N–H and O–H groups in total. The molecule has 0 fully saturated rings. The maximum absolute atomic E-state index is 11.0. The number of allylic oxidation sites excluding steroid dienone is 5. The van der Waals surface area contributed by atoms with Gasteiger partial charge in [0.25, 0.3) is 0 Å². The van der Waals surface area contributed by atoms with Crippen LogP contribution in [0.15, 0.2) is 37.0 Å². The van der Waals surface area contributed by atoms with Crippen molar-refractivity contribution in [2.45, 2.75) is 26.2 Å². The van der Waals surface area contributed by atoms with Gasteiger partial charge in [0.1, 0.15) is 5.78 Å². The van der Waals surface area contributed by atoms with Gasteiger partial charge in [-0.25, -0.2) is 0 Å². The number of ketones is 1. The highest BCUT2D eigenvalue weighted by atomic mass is 16.1. The Bertz CT molecular complexity index is 187. The van der Waals surface area contributed by atoms with Gasteiger partial charge in [-0.2, -0.15) is 0 Å². The number of Topliss-reactive ketones (excluding diaryl/α,β-unsaturated/α-hetero) is 1. The fourth-order valence-corrected chi connectivity index (χ4v) is 0.802. The summed E-state index contributed by atoms with van der Waals surface area (Å²) in [5.41, 5.74) is 0.